The topological polar surface area (TPSA) is 46.2 Å². The van der Waals surface area contributed by atoms with Gasteiger partial charge < -0.3 is 5.32 Å². The number of rotatable bonds is 3. The molecule has 4 heteroatoms. The van der Waals surface area contributed by atoms with E-state index in [0.717, 1.165) is 5.56 Å². The lowest BCUT2D eigenvalue weighted by molar-refractivity contribution is 0.428. The Balaban J connectivity index is 2.56. The molecule has 2 rings (SSSR count). The zero-order valence-corrected chi connectivity index (χ0v) is 13.8. The van der Waals surface area contributed by atoms with E-state index >= 15 is 0 Å². The molecule has 2 unspecified atom stereocenters. The number of hydrogen-bond acceptors (Lipinski definition) is 3. The fourth-order valence-electron chi connectivity index (χ4n) is 2.82. The van der Waals surface area contributed by atoms with Gasteiger partial charge in [0, 0.05) is 12.1 Å². The van der Waals surface area contributed by atoms with Crippen LogP contribution in [0.15, 0.2) is 23.1 Å². The second-order valence-corrected chi connectivity index (χ2v) is 8.75. The van der Waals surface area contributed by atoms with Crippen LogP contribution < -0.4 is 5.32 Å². The van der Waals surface area contributed by atoms with Gasteiger partial charge in [0.1, 0.15) is 0 Å². The third-order valence-electron chi connectivity index (χ3n) is 4.01. The van der Waals surface area contributed by atoms with Gasteiger partial charge in [-0.05, 0) is 36.5 Å². The minimum absolute atomic E-state index is 0.127. The molecule has 0 saturated heterocycles. The number of benzene rings is 1. The Morgan fingerprint density at radius 2 is 1.85 bits per heavy atom. The first kappa shape index (κ1) is 15.5. The van der Waals surface area contributed by atoms with Crippen molar-refractivity contribution in [2.24, 2.45) is 0 Å². The maximum Gasteiger partial charge on any atom is 0.181 e. The Morgan fingerprint density at radius 1 is 1.20 bits per heavy atom. The summed E-state index contributed by atoms with van der Waals surface area (Å²) >= 11 is 0. The molecule has 1 aliphatic heterocycles. The molecule has 0 spiro atoms. The van der Waals surface area contributed by atoms with E-state index in [2.05, 4.69) is 39.1 Å². The van der Waals surface area contributed by atoms with E-state index in [-0.39, 0.29) is 11.3 Å². The van der Waals surface area contributed by atoms with Gasteiger partial charge in [-0.1, -0.05) is 39.8 Å². The lowest BCUT2D eigenvalue weighted by Gasteiger charge is -2.32. The quantitative estimate of drug-likeness (QED) is 0.929. The highest BCUT2D eigenvalue weighted by Crippen LogP contribution is 2.37. The third-order valence-corrected chi connectivity index (χ3v) is 6.25. The molecule has 0 bridgehead atoms. The molecule has 1 aromatic rings. The van der Waals surface area contributed by atoms with Crippen molar-refractivity contribution in [3.63, 3.8) is 0 Å². The molecule has 1 N–H and O–H groups in total. The summed E-state index contributed by atoms with van der Waals surface area (Å²) in [5, 5.41) is 3.18. The van der Waals surface area contributed by atoms with Gasteiger partial charge in [0.2, 0.25) is 0 Å². The highest BCUT2D eigenvalue weighted by atomic mass is 32.2. The molecule has 2 atom stereocenters. The molecular weight excluding hydrogens is 270 g/mol. The molecule has 0 aliphatic carbocycles. The van der Waals surface area contributed by atoms with Crippen LogP contribution in [0.4, 0.5) is 0 Å². The van der Waals surface area contributed by atoms with Gasteiger partial charge in [-0.3, -0.25) is 0 Å². The van der Waals surface area contributed by atoms with E-state index in [1.54, 1.807) is 6.07 Å². The van der Waals surface area contributed by atoms with Crippen LogP contribution in [0, 0.1) is 0 Å². The van der Waals surface area contributed by atoms with E-state index in [0.29, 0.717) is 23.3 Å². The van der Waals surface area contributed by atoms with Gasteiger partial charge in [-0.25, -0.2) is 8.42 Å². The molecular formula is C16H25NO2S. The summed E-state index contributed by atoms with van der Waals surface area (Å²) in [6, 6.07) is 6.28. The molecule has 0 radical (unpaired) electrons. The first-order valence-electron chi connectivity index (χ1n) is 7.37. The Kier molecular flexibility index (Phi) is 4.26. The van der Waals surface area contributed by atoms with Crippen molar-refractivity contribution in [2.45, 2.75) is 69.2 Å². The summed E-state index contributed by atoms with van der Waals surface area (Å²) in [6.45, 7) is 10.3. The highest BCUT2D eigenvalue weighted by Gasteiger charge is 2.36. The van der Waals surface area contributed by atoms with Gasteiger partial charge in [0.05, 0.1) is 10.1 Å². The minimum atomic E-state index is -3.17. The summed E-state index contributed by atoms with van der Waals surface area (Å²) < 4.78 is 25.0. The SMILES string of the molecule is CC(C)NC1CC(C)S(=O)(=O)c2ccc(C(C)C)cc21. The summed E-state index contributed by atoms with van der Waals surface area (Å²) in [5.41, 5.74) is 2.15. The molecule has 0 saturated carbocycles. The molecule has 1 aliphatic rings. The Bertz CT molecular complexity index is 590. The largest absolute Gasteiger partial charge is 0.308 e. The predicted octanol–water partition coefficient (Wildman–Crippen LogP) is 3.42. The van der Waals surface area contributed by atoms with E-state index < -0.39 is 9.84 Å². The Labute approximate surface area is 122 Å². The summed E-state index contributed by atoms with van der Waals surface area (Å²) in [6.07, 6.45) is 0.648. The van der Waals surface area contributed by atoms with Crippen molar-refractivity contribution in [2.75, 3.05) is 0 Å². The van der Waals surface area contributed by atoms with Gasteiger partial charge >= 0.3 is 0 Å². The number of hydrogen-bond donors (Lipinski definition) is 1. The molecule has 0 aromatic heterocycles. The zero-order valence-electron chi connectivity index (χ0n) is 13.0. The Morgan fingerprint density at radius 3 is 2.40 bits per heavy atom. The first-order valence-corrected chi connectivity index (χ1v) is 8.92. The number of sulfone groups is 1. The van der Waals surface area contributed by atoms with Crippen molar-refractivity contribution in [1.29, 1.82) is 0 Å². The fraction of sp³-hybridized carbons (Fsp3) is 0.625. The molecule has 112 valence electrons. The summed E-state index contributed by atoms with van der Waals surface area (Å²) in [7, 11) is -3.17. The van der Waals surface area contributed by atoms with E-state index in [9.17, 15) is 8.42 Å². The average molecular weight is 295 g/mol. The van der Waals surface area contributed by atoms with E-state index in [4.69, 9.17) is 0 Å². The van der Waals surface area contributed by atoms with Gasteiger partial charge in [0.25, 0.3) is 0 Å². The fourth-order valence-corrected chi connectivity index (χ4v) is 4.49. The van der Waals surface area contributed by atoms with Crippen molar-refractivity contribution in [3.8, 4) is 0 Å². The summed E-state index contributed by atoms with van der Waals surface area (Å²) in [4.78, 5) is 0.513. The van der Waals surface area contributed by atoms with Gasteiger partial charge in [-0.2, -0.15) is 0 Å². The van der Waals surface area contributed by atoms with Crippen molar-refractivity contribution < 1.29 is 8.42 Å². The second-order valence-electron chi connectivity index (χ2n) is 6.42. The van der Waals surface area contributed by atoms with Crippen LogP contribution >= 0.6 is 0 Å². The van der Waals surface area contributed by atoms with Crippen LogP contribution in [0.3, 0.4) is 0 Å². The minimum Gasteiger partial charge on any atom is -0.308 e. The highest BCUT2D eigenvalue weighted by molar-refractivity contribution is 7.92. The van der Waals surface area contributed by atoms with Crippen LogP contribution in [0.1, 0.15) is 64.1 Å². The maximum atomic E-state index is 12.5. The third kappa shape index (κ3) is 2.77. The molecule has 1 aromatic carbocycles. The second kappa shape index (κ2) is 5.49. The molecule has 0 fully saturated rings. The monoisotopic (exact) mass is 295 g/mol. The van der Waals surface area contributed by atoms with Crippen molar-refractivity contribution >= 4 is 9.84 Å². The lowest BCUT2D eigenvalue weighted by Crippen LogP contribution is -2.37. The normalized spacial score (nSPS) is 24.9. The molecule has 3 nitrogen and oxygen atoms in total. The number of fused-ring (bicyclic) bond motifs is 1. The van der Waals surface area contributed by atoms with Crippen molar-refractivity contribution in [3.05, 3.63) is 29.3 Å². The molecule has 1 heterocycles. The van der Waals surface area contributed by atoms with Crippen LogP contribution in [-0.4, -0.2) is 19.7 Å². The van der Waals surface area contributed by atoms with Gasteiger partial charge in [0.15, 0.2) is 9.84 Å². The maximum absolute atomic E-state index is 12.5. The Hall–Kier alpha value is -0.870. The average Bonchev–Trinajstić information content (AvgIpc) is 2.35. The smallest absolute Gasteiger partial charge is 0.181 e. The summed E-state index contributed by atoms with van der Waals surface area (Å²) in [5.74, 6) is 0.405. The number of nitrogens with one attached hydrogen (secondary N) is 1. The van der Waals surface area contributed by atoms with Crippen LogP contribution in [0.25, 0.3) is 0 Å². The van der Waals surface area contributed by atoms with E-state index in [1.807, 2.05) is 13.0 Å². The predicted molar refractivity (Wildman–Crippen MR) is 82.8 cm³/mol. The van der Waals surface area contributed by atoms with Crippen LogP contribution in [0.5, 0.6) is 0 Å². The standard InChI is InChI=1S/C16H25NO2S/c1-10(2)13-6-7-16-14(9-13)15(17-11(3)4)8-12(5)20(16,18)19/h6-7,9-12,15,17H,8H2,1-5H3. The molecule has 20 heavy (non-hydrogen) atoms. The molecule has 0 amide bonds. The zero-order chi connectivity index (χ0) is 15.1. The van der Waals surface area contributed by atoms with Gasteiger partial charge in [-0.15, -0.1) is 0 Å². The van der Waals surface area contributed by atoms with Crippen molar-refractivity contribution in [1.82, 2.24) is 5.32 Å². The first-order chi connectivity index (χ1) is 9.23. The van der Waals surface area contributed by atoms with E-state index in [1.165, 1.54) is 5.56 Å². The van der Waals surface area contributed by atoms with Crippen LogP contribution in [-0.2, 0) is 9.84 Å². The van der Waals surface area contributed by atoms with Crippen LogP contribution in [0.2, 0.25) is 0 Å². The lowest BCUT2D eigenvalue weighted by atomic mass is 9.94.